The summed E-state index contributed by atoms with van der Waals surface area (Å²) in [5.74, 6) is 1.58. The Morgan fingerprint density at radius 3 is 3.15 bits per heavy atom. The SMILES string of the molecule is O=Cc1cc(Cl)cc2c1OCCS2. The van der Waals surface area contributed by atoms with E-state index in [1.165, 1.54) is 0 Å². The monoisotopic (exact) mass is 214 g/mol. The van der Waals surface area contributed by atoms with Crippen LogP contribution in [0, 0.1) is 0 Å². The second-order valence-corrected chi connectivity index (χ2v) is 4.21. The summed E-state index contributed by atoms with van der Waals surface area (Å²) in [7, 11) is 0. The summed E-state index contributed by atoms with van der Waals surface area (Å²) < 4.78 is 5.39. The van der Waals surface area contributed by atoms with E-state index in [9.17, 15) is 4.79 Å². The molecule has 0 fully saturated rings. The zero-order valence-electron chi connectivity index (χ0n) is 6.75. The fourth-order valence-corrected chi connectivity index (χ4v) is 2.43. The van der Waals surface area contributed by atoms with E-state index in [0.717, 1.165) is 16.9 Å². The van der Waals surface area contributed by atoms with Gasteiger partial charge in [0.1, 0.15) is 5.75 Å². The summed E-state index contributed by atoms with van der Waals surface area (Å²) in [6, 6.07) is 3.45. The Hall–Kier alpha value is -0.670. The fourth-order valence-electron chi connectivity index (χ4n) is 1.23. The quantitative estimate of drug-likeness (QED) is 0.673. The molecule has 0 spiro atoms. The topological polar surface area (TPSA) is 26.3 Å². The molecule has 0 aliphatic carbocycles. The summed E-state index contributed by atoms with van der Waals surface area (Å²) >= 11 is 7.50. The van der Waals surface area contributed by atoms with E-state index < -0.39 is 0 Å². The van der Waals surface area contributed by atoms with Gasteiger partial charge in [-0.3, -0.25) is 4.79 Å². The normalized spacial score (nSPS) is 14.5. The van der Waals surface area contributed by atoms with Crippen molar-refractivity contribution in [1.82, 2.24) is 0 Å². The van der Waals surface area contributed by atoms with Gasteiger partial charge in [-0.25, -0.2) is 0 Å². The zero-order valence-corrected chi connectivity index (χ0v) is 8.32. The van der Waals surface area contributed by atoms with Gasteiger partial charge in [-0.1, -0.05) is 11.6 Å². The van der Waals surface area contributed by atoms with Crippen molar-refractivity contribution in [1.29, 1.82) is 0 Å². The van der Waals surface area contributed by atoms with E-state index in [2.05, 4.69) is 0 Å². The van der Waals surface area contributed by atoms with E-state index in [1.54, 1.807) is 17.8 Å². The molecular formula is C9H7ClO2S. The van der Waals surface area contributed by atoms with Crippen molar-refractivity contribution in [2.75, 3.05) is 12.4 Å². The number of hydrogen-bond donors (Lipinski definition) is 0. The van der Waals surface area contributed by atoms with Gasteiger partial charge in [0.15, 0.2) is 6.29 Å². The van der Waals surface area contributed by atoms with E-state index in [4.69, 9.17) is 16.3 Å². The molecule has 1 aromatic carbocycles. The Bertz CT molecular complexity index is 352. The number of rotatable bonds is 1. The molecule has 0 aromatic heterocycles. The Kier molecular flexibility index (Phi) is 2.47. The molecule has 2 nitrogen and oxygen atoms in total. The lowest BCUT2D eigenvalue weighted by Crippen LogP contribution is -2.08. The molecule has 0 amide bonds. The highest BCUT2D eigenvalue weighted by Gasteiger charge is 2.15. The van der Waals surface area contributed by atoms with Gasteiger partial charge in [0, 0.05) is 10.8 Å². The van der Waals surface area contributed by atoms with Crippen LogP contribution in [0.3, 0.4) is 0 Å². The molecular weight excluding hydrogens is 208 g/mol. The van der Waals surface area contributed by atoms with Gasteiger partial charge in [-0.2, -0.15) is 0 Å². The van der Waals surface area contributed by atoms with E-state index in [-0.39, 0.29) is 0 Å². The van der Waals surface area contributed by atoms with E-state index in [0.29, 0.717) is 22.9 Å². The number of fused-ring (bicyclic) bond motifs is 1. The first-order valence-electron chi connectivity index (χ1n) is 3.85. The second-order valence-electron chi connectivity index (χ2n) is 2.64. The minimum atomic E-state index is 0.537. The number of carbonyl (C=O) groups is 1. The smallest absolute Gasteiger partial charge is 0.153 e. The van der Waals surface area contributed by atoms with Crippen LogP contribution in [-0.2, 0) is 0 Å². The molecule has 0 saturated carbocycles. The number of ether oxygens (including phenoxy) is 1. The van der Waals surface area contributed by atoms with Gasteiger partial charge in [0.05, 0.1) is 17.1 Å². The third kappa shape index (κ3) is 1.67. The Morgan fingerprint density at radius 2 is 2.38 bits per heavy atom. The van der Waals surface area contributed by atoms with Crippen molar-refractivity contribution in [3.05, 3.63) is 22.7 Å². The lowest BCUT2D eigenvalue weighted by molar-refractivity contribution is 0.111. The summed E-state index contributed by atoms with van der Waals surface area (Å²) in [4.78, 5) is 11.6. The van der Waals surface area contributed by atoms with Crippen molar-refractivity contribution in [2.24, 2.45) is 0 Å². The molecule has 0 saturated heterocycles. The Labute approximate surface area is 85.2 Å². The Morgan fingerprint density at radius 1 is 1.54 bits per heavy atom. The average Bonchev–Trinajstić information content (AvgIpc) is 2.16. The molecule has 0 N–H and O–H groups in total. The average molecular weight is 215 g/mol. The molecule has 1 aliphatic rings. The summed E-state index contributed by atoms with van der Waals surface area (Å²) in [5, 5.41) is 0.582. The minimum absolute atomic E-state index is 0.537. The van der Waals surface area contributed by atoms with Crippen molar-refractivity contribution in [3.8, 4) is 5.75 Å². The standard InChI is InChI=1S/C9H7ClO2S/c10-7-3-6(5-11)9-8(4-7)13-2-1-12-9/h3-5H,1-2H2. The van der Waals surface area contributed by atoms with Gasteiger partial charge < -0.3 is 4.74 Å². The minimum Gasteiger partial charge on any atom is -0.491 e. The maximum absolute atomic E-state index is 10.7. The van der Waals surface area contributed by atoms with Crippen LogP contribution < -0.4 is 4.74 Å². The molecule has 4 heteroatoms. The first kappa shape index (κ1) is 8.91. The summed E-state index contributed by atoms with van der Waals surface area (Å²) in [6.45, 7) is 0.653. The number of halogens is 1. The molecule has 13 heavy (non-hydrogen) atoms. The second kappa shape index (κ2) is 3.60. The predicted molar refractivity (Wildman–Crippen MR) is 53.1 cm³/mol. The van der Waals surface area contributed by atoms with Crippen LogP contribution in [0.15, 0.2) is 17.0 Å². The van der Waals surface area contributed by atoms with Crippen LogP contribution in [0.5, 0.6) is 5.75 Å². The lowest BCUT2D eigenvalue weighted by Gasteiger charge is -2.18. The van der Waals surface area contributed by atoms with E-state index in [1.807, 2.05) is 6.07 Å². The first-order valence-corrected chi connectivity index (χ1v) is 5.22. The van der Waals surface area contributed by atoms with Gasteiger partial charge in [0.25, 0.3) is 0 Å². The maximum Gasteiger partial charge on any atom is 0.153 e. The number of aldehydes is 1. The first-order chi connectivity index (χ1) is 6.31. The number of hydrogen-bond acceptors (Lipinski definition) is 3. The van der Waals surface area contributed by atoms with Crippen LogP contribution in [0.4, 0.5) is 0 Å². The molecule has 0 radical (unpaired) electrons. The van der Waals surface area contributed by atoms with Crippen molar-refractivity contribution in [2.45, 2.75) is 4.90 Å². The van der Waals surface area contributed by atoms with Gasteiger partial charge >= 0.3 is 0 Å². The largest absolute Gasteiger partial charge is 0.491 e. The third-order valence-corrected chi connectivity index (χ3v) is 2.97. The van der Waals surface area contributed by atoms with Crippen molar-refractivity contribution in [3.63, 3.8) is 0 Å². The van der Waals surface area contributed by atoms with Crippen molar-refractivity contribution >= 4 is 29.6 Å². The zero-order chi connectivity index (χ0) is 9.26. The number of carbonyl (C=O) groups excluding carboxylic acids is 1. The van der Waals surface area contributed by atoms with Crippen LogP contribution in [-0.4, -0.2) is 18.6 Å². The predicted octanol–water partition coefficient (Wildman–Crippen LogP) is 2.64. The number of thioether (sulfide) groups is 1. The summed E-state index contributed by atoms with van der Waals surface area (Å²) in [6.07, 6.45) is 0.774. The third-order valence-electron chi connectivity index (χ3n) is 1.76. The lowest BCUT2D eigenvalue weighted by atomic mass is 10.2. The fraction of sp³-hybridized carbons (Fsp3) is 0.222. The molecule has 2 rings (SSSR count). The molecule has 68 valence electrons. The van der Waals surface area contributed by atoms with Gasteiger partial charge in [0.2, 0.25) is 0 Å². The van der Waals surface area contributed by atoms with Crippen molar-refractivity contribution < 1.29 is 9.53 Å². The van der Waals surface area contributed by atoms with Crippen LogP contribution in [0.25, 0.3) is 0 Å². The van der Waals surface area contributed by atoms with Gasteiger partial charge in [-0.05, 0) is 12.1 Å². The molecule has 1 aromatic rings. The molecule has 0 bridgehead atoms. The number of benzene rings is 1. The highest BCUT2D eigenvalue weighted by atomic mass is 35.5. The maximum atomic E-state index is 10.7. The van der Waals surface area contributed by atoms with E-state index >= 15 is 0 Å². The van der Waals surface area contributed by atoms with Crippen LogP contribution >= 0.6 is 23.4 Å². The van der Waals surface area contributed by atoms with Crippen LogP contribution in [0.1, 0.15) is 10.4 Å². The highest BCUT2D eigenvalue weighted by Crippen LogP contribution is 2.37. The Balaban J connectivity index is 2.56. The van der Waals surface area contributed by atoms with Crippen LogP contribution in [0.2, 0.25) is 5.02 Å². The molecule has 1 aliphatic heterocycles. The summed E-state index contributed by atoms with van der Waals surface area (Å²) in [5.41, 5.74) is 0.537. The molecule has 1 heterocycles. The molecule has 0 unspecified atom stereocenters. The highest BCUT2D eigenvalue weighted by molar-refractivity contribution is 7.99. The molecule has 0 atom stereocenters. The van der Waals surface area contributed by atoms with Gasteiger partial charge in [-0.15, -0.1) is 11.8 Å².